The number of halogens is 1. The second kappa shape index (κ2) is 5.75. The maximum atomic E-state index is 11.1. The summed E-state index contributed by atoms with van der Waals surface area (Å²) in [4.78, 5) is 11.1. The zero-order chi connectivity index (χ0) is 12.1. The van der Waals surface area contributed by atoms with Crippen molar-refractivity contribution in [3.8, 4) is 5.75 Å². The summed E-state index contributed by atoms with van der Waals surface area (Å²) < 4.78 is 6.03. The Bertz CT molecular complexity index is 382. The summed E-state index contributed by atoms with van der Waals surface area (Å²) >= 11 is 3.36. The number of methoxy groups -OCH3 is 1. The van der Waals surface area contributed by atoms with Gasteiger partial charge in [-0.05, 0) is 34.5 Å². The quantitative estimate of drug-likeness (QED) is 0.872. The lowest BCUT2D eigenvalue weighted by molar-refractivity contribution is -0.118. The van der Waals surface area contributed by atoms with Crippen molar-refractivity contribution >= 4 is 27.5 Å². The van der Waals surface area contributed by atoms with Crippen molar-refractivity contribution in [1.29, 1.82) is 0 Å². The van der Waals surface area contributed by atoms with Gasteiger partial charge in [0.1, 0.15) is 11.8 Å². The lowest BCUT2D eigenvalue weighted by Crippen LogP contribution is -2.34. The van der Waals surface area contributed by atoms with Crippen LogP contribution in [0, 0.1) is 0 Å². The maximum absolute atomic E-state index is 11.1. The Morgan fingerprint density at radius 2 is 2.31 bits per heavy atom. The van der Waals surface area contributed by atoms with E-state index in [1.165, 1.54) is 0 Å². The van der Waals surface area contributed by atoms with Gasteiger partial charge in [0.05, 0.1) is 11.6 Å². The van der Waals surface area contributed by atoms with Gasteiger partial charge in [0.15, 0.2) is 0 Å². The van der Waals surface area contributed by atoms with Gasteiger partial charge in [-0.3, -0.25) is 4.79 Å². The fraction of sp³-hybridized carbons (Fsp3) is 0.364. The van der Waals surface area contributed by atoms with Gasteiger partial charge in [0.2, 0.25) is 5.91 Å². The van der Waals surface area contributed by atoms with Gasteiger partial charge < -0.3 is 15.8 Å². The molecule has 0 aliphatic carbocycles. The first kappa shape index (κ1) is 12.8. The van der Waals surface area contributed by atoms with E-state index in [1.807, 2.05) is 25.1 Å². The van der Waals surface area contributed by atoms with Crippen molar-refractivity contribution in [2.24, 2.45) is 5.73 Å². The minimum absolute atomic E-state index is 0.356. The lowest BCUT2D eigenvalue weighted by atomic mass is 10.2. The minimum atomic E-state index is -0.357. The molecular weight excluding hydrogens is 272 g/mol. The fourth-order valence-corrected chi connectivity index (χ4v) is 1.73. The highest BCUT2D eigenvalue weighted by Gasteiger charge is 2.12. The number of anilines is 1. The Morgan fingerprint density at radius 3 is 2.81 bits per heavy atom. The predicted octanol–water partition coefficient (Wildman–Crippen LogP) is 2.13. The Hall–Kier alpha value is -1.23. The molecule has 1 rings (SSSR count). The molecule has 0 saturated heterocycles. The maximum Gasteiger partial charge on any atom is 0.239 e. The van der Waals surface area contributed by atoms with Gasteiger partial charge in [-0.25, -0.2) is 0 Å². The van der Waals surface area contributed by atoms with Crippen molar-refractivity contribution in [1.82, 2.24) is 0 Å². The van der Waals surface area contributed by atoms with Gasteiger partial charge in [-0.15, -0.1) is 0 Å². The summed E-state index contributed by atoms with van der Waals surface area (Å²) in [5.74, 6) is 0.355. The molecule has 1 aromatic carbocycles. The van der Waals surface area contributed by atoms with Crippen LogP contribution >= 0.6 is 15.9 Å². The van der Waals surface area contributed by atoms with E-state index in [0.29, 0.717) is 12.2 Å². The molecule has 0 saturated carbocycles. The molecule has 0 aliphatic rings. The van der Waals surface area contributed by atoms with Crippen LogP contribution in [0.5, 0.6) is 5.75 Å². The normalized spacial score (nSPS) is 11.9. The molecule has 16 heavy (non-hydrogen) atoms. The summed E-state index contributed by atoms with van der Waals surface area (Å²) in [6.07, 6.45) is 0.647. The molecule has 1 aromatic rings. The molecule has 3 N–H and O–H groups in total. The highest BCUT2D eigenvalue weighted by molar-refractivity contribution is 9.10. The number of hydrogen-bond donors (Lipinski definition) is 2. The van der Waals surface area contributed by atoms with E-state index in [0.717, 1.165) is 10.2 Å². The molecule has 5 heteroatoms. The second-order valence-electron chi connectivity index (χ2n) is 3.36. The average molecular weight is 287 g/mol. The Kier molecular flexibility index (Phi) is 4.61. The molecule has 0 bridgehead atoms. The van der Waals surface area contributed by atoms with Crippen LogP contribution in [0.4, 0.5) is 5.69 Å². The number of carbonyl (C=O) groups excluding carboxylic acids is 1. The molecule has 0 radical (unpaired) electrons. The van der Waals surface area contributed by atoms with E-state index in [2.05, 4.69) is 21.2 Å². The molecule has 88 valence electrons. The van der Waals surface area contributed by atoms with Crippen LogP contribution in [-0.2, 0) is 4.79 Å². The zero-order valence-electron chi connectivity index (χ0n) is 9.29. The Labute approximate surface area is 103 Å². The Morgan fingerprint density at radius 1 is 1.62 bits per heavy atom. The van der Waals surface area contributed by atoms with Crippen LogP contribution < -0.4 is 15.8 Å². The van der Waals surface area contributed by atoms with Gasteiger partial charge in [0, 0.05) is 11.8 Å². The Balaban J connectivity index is 2.84. The molecule has 4 nitrogen and oxygen atoms in total. The van der Waals surface area contributed by atoms with Crippen molar-refractivity contribution in [2.45, 2.75) is 19.4 Å². The predicted molar refractivity (Wildman–Crippen MR) is 67.6 cm³/mol. The van der Waals surface area contributed by atoms with Crippen molar-refractivity contribution < 1.29 is 9.53 Å². The summed E-state index contributed by atoms with van der Waals surface area (Å²) in [7, 11) is 1.59. The molecule has 1 unspecified atom stereocenters. The number of benzene rings is 1. The van der Waals surface area contributed by atoms with Gasteiger partial charge in [0.25, 0.3) is 0 Å². The standard InChI is InChI=1S/C11H15BrN2O2/c1-3-9(11(13)15)14-7-4-5-8(12)10(6-7)16-2/h4-6,9,14H,3H2,1-2H3,(H2,13,15). The number of amides is 1. The van der Waals surface area contributed by atoms with E-state index < -0.39 is 0 Å². The minimum Gasteiger partial charge on any atom is -0.495 e. The molecule has 0 spiro atoms. The van der Waals surface area contributed by atoms with Crippen molar-refractivity contribution in [3.63, 3.8) is 0 Å². The van der Waals surface area contributed by atoms with Crippen molar-refractivity contribution in [3.05, 3.63) is 22.7 Å². The van der Waals surface area contributed by atoms with E-state index in [-0.39, 0.29) is 11.9 Å². The van der Waals surface area contributed by atoms with E-state index in [4.69, 9.17) is 10.5 Å². The summed E-state index contributed by atoms with van der Waals surface area (Å²) in [6.45, 7) is 1.90. The summed E-state index contributed by atoms with van der Waals surface area (Å²) in [5.41, 5.74) is 6.06. The van der Waals surface area contributed by atoms with Crippen LogP contribution in [0.1, 0.15) is 13.3 Å². The third-order valence-electron chi connectivity index (χ3n) is 2.24. The average Bonchev–Trinajstić information content (AvgIpc) is 2.27. The van der Waals surface area contributed by atoms with E-state index in [1.54, 1.807) is 7.11 Å². The number of nitrogens with two attached hydrogens (primary N) is 1. The smallest absolute Gasteiger partial charge is 0.239 e. The number of rotatable bonds is 5. The summed E-state index contributed by atoms with van der Waals surface area (Å²) in [5, 5.41) is 3.05. The third kappa shape index (κ3) is 3.13. The highest BCUT2D eigenvalue weighted by Crippen LogP contribution is 2.28. The molecule has 0 aromatic heterocycles. The van der Waals surface area contributed by atoms with Gasteiger partial charge in [-0.2, -0.15) is 0 Å². The number of carbonyl (C=O) groups is 1. The molecule has 0 heterocycles. The van der Waals surface area contributed by atoms with Crippen LogP contribution in [0.15, 0.2) is 22.7 Å². The molecule has 1 amide bonds. The zero-order valence-corrected chi connectivity index (χ0v) is 10.9. The molecule has 1 atom stereocenters. The number of primary amides is 1. The fourth-order valence-electron chi connectivity index (χ4n) is 1.33. The number of nitrogens with one attached hydrogen (secondary N) is 1. The first-order valence-corrected chi connectivity index (χ1v) is 5.77. The second-order valence-corrected chi connectivity index (χ2v) is 4.21. The summed E-state index contributed by atoms with van der Waals surface area (Å²) in [6, 6.07) is 5.17. The van der Waals surface area contributed by atoms with Gasteiger partial charge >= 0.3 is 0 Å². The molecule has 0 aliphatic heterocycles. The van der Waals surface area contributed by atoms with Crippen LogP contribution in [-0.4, -0.2) is 19.1 Å². The highest BCUT2D eigenvalue weighted by atomic mass is 79.9. The van der Waals surface area contributed by atoms with Crippen LogP contribution in [0.3, 0.4) is 0 Å². The van der Waals surface area contributed by atoms with Gasteiger partial charge in [-0.1, -0.05) is 6.92 Å². The first-order valence-electron chi connectivity index (χ1n) is 4.97. The molecular formula is C11H15BrN2O2. The molecule has 0 fully saturated rings. The SMILES string of the molecule is CCC(Nc1ccc(Br)c(OC)c1)C(N)=O. The van der Waals surface area contributed by atoms with Crippen molar-refractivity contribution in [2.75, 3.05) is 12.4 Å². The monoisotopic (exact) mass is 286 g/mol. The first-order chi connectivity index (χ1) is 7.58. The lowest BCUT2D eigenvalue weighted by Gasteiger charge is -2.15. The van der Waals surface area contributed by atoms with E-state index in [9.17, 15) is 4.79 Å². The third-order valence-corrected chi connectivity index (χ3v) is 2.90. The number of hydrogen-bond acceptors (Lipinski definition) is 3. The van der Waals surface area contributed by atoms with E-state index >= 15 is 0 Å². The topological polar surface area (TPSA) is 64.3 Å². The van der Waals surface area contributed by atoms with Crippen LogP contribution in [0.25, 0.3) is 0 Å². The van der Waals surface area contributed by atoms with Crippen LogP contribution in [0.2, 0.25) is 0 Å². The number of ether oxygens (including phenoxy) is 1. The largest absolute Gasteiger partial charge is 0.495 e.